The van der Waals surface area contributed by atoms with Gasteiger partial charge in [-0.3, -0.25) is 14.9 Å². The molecule has 0 aliphatic heterocycles. The molecule has 0 bridgehead atoms. The standard InChI is InChI=1S/C19H18ClN3O5/c1-11(18(24)22-15-4-2-3-13(20)10-15)28-19(25)12-5-8-16(21-14-6-7-14)17(9-12)23(26)27/h2-5,8-11,14,21H,6-7H2,1H3,(H,22,24)/t11-/m1/s1. The van der Waals surface area contributed by atoms with Crippen LogP contribution in [0.25, 0.3) is 0 Å². The smallest absolute Gasteiger partial charge is 0.339 e. The molecule has 0 unspecified atom stereocenters. The maximum Gasteiger partial charge on any atom is 0.339 e. The predicted octanol–water partition coefficient (Wildman–Crippen LogP) is 4.01. The van der Waals surface area contributed by atoms with E-state index in [0.29, 0.717) is 16.4 Å². The minimum absolute atomic E-state index is 0.00421. The van der Waals surface area contributed by atoms with Gasteiger partial charge in [0.1, 0.15) is 5.69 Å². The molecule has 1 amide bonds. The SMILES string of the molecule is C[C@@H](OC(=O)c1ccc(NC2CC2)c([N+](=O)[O-])c1)C(=O)Nc1cccc(Cl)c1. The molecule has 8 nitrogen and oxygen atoms in total. The largest absolute Gasteiger partial charge is 0.449 e. The van der Waals surface area contributed by atoms with Crippen molar-refractivity contribution in [3.8, 4) is 0 Å². The number of anilines is 2. The summed E-state index contributed by atoms with van der Waals surface area (Å²) in [7, 11) is 0. The van der Waals surface area contributed by atoms with Crippen LogP contribution in [0.1, 0.15) is 30.1 Å². The maximum absolute atomic E-state index is 12.3. The van der Waals surface area contributed by atoms with Gasteiger partial charge < -0.3 is 15.4 Å². The first-order chi connectivity index (χ1) is 13.3. The van der Waals surface area contributed by atoms with Crippen molar-refractivity contribution in [3.63, 3.8) is 0 Å². The summed E-state index contributed by atoms with van der Waals surface area (Å²) >= 11 is 5.86. The van der Waals surface area contributed by atoms with E-state index in [4.69, 9.17) is 16.3 Å². The number of nitro groups is 1. The second kappa shape index (κ2) is 8.26. The number of nitrogens with one attached hydrogen (secondary N) is 2. The minimum atomic E-state index is -1.10. The summed E-state index contributed by atoms with van der Waals surface area (Å²) in [6.45, 7) is 1.41. The van der Waals surface area contributed by atoms with Crippen molar-refractivity contribution in [1.82, 2.24) is 0 Å². The molecule has 146 valence electrons. The highest BCUT2D eigenvalue weighted by atomic mass is 35.5. The fraction of sp³-hybridized carbons (Fsp3) is 0.263. The van der Waals surface area contributed by atoms with Crippen LogP contribution in [0, 0.1) is 10.1 Å². The molecule has 0 aromatic heterocycles. The summed E-state index contributed by atoms with van der Waals surface area (Å²) in [5, 5.41) is 17.4. The Bertz CT molecular complexity index is 930. The molecule has 1 aliphatic rings. The molecule has 2 aromatic rings. The molecule has 28 heavy (non-hydrogen) atoms. The molecular formula is C19H18ClN3O5. The van der Waals surface area contributed by atoms with E-state index in [-0.39, 0.29) is 17.3 Å². The van der Waals surface area contributed by atoms with E-state index in [1.165, 1.54) is 19.1 Å². The van der Waals surface area contributed by atoms with Gasteiger partial charge in [-0.25, -0.2) is 4.79 Å². The number of carbonyl (C=O) groups is 2. The van der Waals surface area contributed by atoms with Crippen LogP contribution in [0.2, 0.25) is 5.02 Å². The second-order valence-corrected chi connectivity index (χ2v) is 6.89. The van der Waals surface area contributed by atoms with E-state index in [2.05, 4.69) is 10.6 Å². The Morgan fingerprint density at radius 1 is 1.25 bits per heavy atom. The van der Waals surface area contributed by atoms with Gasteiger partial charge in [-0.05, 0) is 50.1 Å². The van der Waals surface area contributed by atoms with E-state index >= 15 is 0 Å². The summed E-state index contributed by atoms with van der Waals surface area (Å²) in [6.07, 6.45) is 0.815. The number of rotatable bonds is 7. The van der Waals surface area contributed by atoms with Gasteiger partial charge in [0.25, 0.3) is 11.6 Å². The molecule has 1 fully saturated rings. The lowest BCUT2D eigenvalue weighted by atomic mass is 10.1. The van der Waals surface area contributed by atoms with E-state index in [1.54, 1.807) is 24.3 Å². The minimum Gasteiger partial charge on any atom is -0.449 e. The molecule has 0 saturated heterocycles. The molecule has 2 aromatic carbocycles. The van der Waals surface area contributed by atoms with Crippen molar-refractivity contribution in [2.24, 2.45) is 0 Å². The van der Waals surface area contributed by atoms with E-state index in [1.807, 2.05) is 0 Å². The van der Waals surface area contributed by atoms with Gasteiger partial charge in [-0.1, -0.05) is 17.7 Å². The number of esters is 1. The summed E-state index contributed by atoms with van der Waals surface area (Å²) in [4.78, 5) is 35.3. The lowest BCUT2D eigenvalue weighted by molar-refractivity contribution is -0.384. The fourth-order valence-electron chi connectivity index (χ4n) is 2.47. The summed E-state index contributed by atoms with van der Waals surface area (Å²) in [5.41, 5.74) is 0.607. The van der Waals surface area contributed by atoms with Crippen molar-refractivity contribution in [2.45, 2.75) is 31.9 Å². The number of amides is 1. The summed E-state index contributed by atoms with van der Waals surface area (Å²) in [5.74, 6) is -1.37. The number of halogens is 1. The zero-order valence-electron chi connectivity index (χ0n) is 15.0. The lowest BCUT2D eigenvalue weighted by Gasteiger charge is -2.14. The second-order valence-electron chi connectivity index (χ2n) is 6.45. The predicted molar refractivity (Wildman–Crippen MR) is 105 cm³/mol. The average Bonchev–Trinajstić information content (AvgIpc) is 3.45. The zero-order valence-corrected chi connectivity index (χ0v) is 15.7. The highest BCUT2D eigenvalue weighted by Crippen LogP contribution is 2.31. The molecule has 1 atom stereocenters. The number of ether oxygens (including phenoxy) is 1. The van der Waals surface area contributed by atoms with Crippen LogP contribution in [0.4, 0.5) is 17.1 Å². The van der Waals surface area contributed by atoms with Crippen molar-refractivity contribution in [1.29, 1.82) is 0 Å². The van der Waals surface area contributed by atoms with Crippen LogP contribution in [0.3, 0.4) is 0 Å². The Balaban J connectivity index is 1.66. The topological polar surface area (TPSA) is 111 Å². The van der Waals surface area contributed by atoms with Gasteiger partial charge >= 0.3 is 5.97 Å². The van der Waals surface area contributed by atoms with Crippen LogP contribution < -0.4 is 10.6 Å². The number of nitro benzene ring substituents is 1. The molecule has 9 heteroatoms. The molecule has 3 rings (SSSR count). The number of carbonyl (C=O) groups excluding carboxylic acids is 2. The first-order valence-corrected chi connectivity index (χ1v) is 9.03. The van der Waals surface area contributed by atoms with E-state index < -0.39 is 22.9 Å². The lowest BCUT2D eigenvalue weighted by Crippen LogP contribution is -2.30. The van der Waals surface area contributed by atoms with Crippen molar-refractivity contribution < 1.29 is 19.2 Å². The number of nitrogens with zero attached hydrogens (tertiary/aromatic N) is 1. The third-order valence-electron chi connectivity index (χ3n) is 4.11. The molecule has 0 spiro atoms. The van der Waals surface area contributed by atoms with E-state index in [0.717, 1.165) is 18.9 Å². The molecule has 0 heterocycles. The number of hydrogen-bond acceptors (Lipinski definition) is 6. The Kier molecular flexibility index (Phi) is 5.79. The Labute approximate surface area is 166 Å². The summed E-state index contributed by atoms with van der Waals surface area (Å²) in [6, 6.07) is 10.8. The summed E-state index contributed by atoms with van der Waals surface area (Å²) < 4.78 is 5.14. The number of benzene rings is 2. The Morgan fingerprint density at radius 3 is 2.64 bits per heavy atom. The fourth-order valence-corrected chi connectivity index (χ4v) is 2.66. The molecular weight excluding hydrogens is 386 g/mol. The van der Waals surface area contributed by atoms with Crippen LogP contribution in [-0.4, -0.2) is 28.9 Å². The van der Waals surface area contributed by atoms with Gasteiger partial charge in [-0.15, -0.1) is 0 Å². The van der Waals surface area contributed by atoms with Gasteiger partial charge in [-0.2, -0.15) is 0 Å². The number of hydrogen-bond donors (Lipinski definition) is 2. The normalized spacial score (nSPS) is 14.1. The zero-order chi connectivity index (χ0) is 20.3. The van der Waals surface area contributed by atoms with Crippen molar-refractivity contribution in [2.75, 3.05) is 10.6 Å². The monoisotopic (exact) mass is 403 g/mol. The van der Waals surface area contributed by atoms with Crippen LogP contribution in [0.5, 0.6) is 0 Å². The van der Waals surface area contributed by atoms with Gasteiger partial charge in [0.05, 0.1) is 10.5 Å². The Morgan fingerprint density at radius 2 is 2.00 bits per heavy atom. The first kappa shape index (κ1) is 19.6. The van der Waals surface area contributed by atoms with Crippen LogP contribution in [0.15, 0.2) is 42.5 Å². The van der Waals surface area contributed by atoms with Gasteiger partial charge in [0.2, 0.25) is 0 Å². The highest BCUT2D eigenvalue weighted by molar-refractivity contribution is 6.30. The van der Waals surface area contributed by atoms with Crippen molar-refractivity contribution >= 4 is 40.5 Å². The Hall–Kier alpha value is -3.13. The average molecular weight is 404 g/mol. The third-order valence-corrected chi connectivity index (χ3v) is 4.35. The molecule has 1 aliphatic carbocycles. The van der Waals surface area contributed by atoms with Crippen molar-refractivity contribution in [3.05, 3.63) is 63.2 Å². The third kappa shape index (κ3) is 4.98. The van der Waals surface area contributed by atoms with Gasteiger partial charge in [0.15, 0.2) is 6.10 Å². The van der Waals surface area contributed by atoms with E-state index in [9.17, 15) is 19.7 Å². The molecule has 2 N–H and O–H groups in total. The molecule has 1 saturated carbocycles. The van der Waals surface area contributed by atoms with Gasteiger partial charge in [0, 0.05) is 22.8 Å². The quantitative estimate of drug-likeness (QED) is 0.410. The van der Waals surface area contributed by atoms with Crippen LogP contribution >= 0.6 is 11.6 Å². The van der Waals surface area contributed by atoms with Crippen LogP contribution in [-0.2, 0) is 9.53 Å². The molecule has 0 radical (unpaired) electrons. The highest BCUT2D eigenvalue weighted by Gasteiger charge is 2.26. The maximum atomic E-state index is 12.3. The first-order valence-electron chi connectivity index (χ1n) is 8.66.